The number of amides is 2. The van der Waals surface area contributed by atoms with E-state index in [-0.39, 0.29) is 19.2 Å². The lowest BCUT2D eigenvalue weighted by Gasteiger charge is -2.27. The fourth-order valence-electron chi connectivity index (χ4n) is 1.34. The van der Waals surface area contributed by atoms with Gasteiger partial charge >= 0.3 is 12.0 Å². The molecule has 1 aliphatic carbocycles. The molecule has 1 saturated carbocycles. The third-order valence-electron chi connectivity index (χ3n) is 2.54. The Bertz CT molecular complexity index is 287. The summed E-state index contributed by atoms with van der Waals surface area (Å²) in [5, 5.41) is 20.1. The molecule has 16 heavy (non-hydrogen) atoms. The first-order valence-corrected chi connectivity index (χ1v) is 5.31. The van der Waals surface area contributed by atoms with E-state index in [0.29, 0.717) is 0 Å². The molecule has 0 aromatic rings. The third kappa shape index (κ3) is 3.10. The van der Waals surface area contributed by atoms with Crippen molar-refractivity contribution in [2.45, 2.75) is 38.3 Å². The summed E-state index contributed by atoms with van der Waals surface area (Å²) < 4.78 is 0. The SMILES string of the molecule is CC(C)(NC(=O)N(CCO)C1CC1)C(=O)O. The minimum absolute atomic E-state index is 0.114. The van der Waals surface area contributed by atoms with Gasteiger partial charge in [0.05, 0.1) is 6.61 Å². The Hall–Kier alpha value is -1.30. The Morgan fingerprint density at radius 1 is 1.44 bits per heavy atom. The van der Waals surface area contributed by atoms with Gasteiger partial charge in [0.2, 0.25) is 0 Å². The molecule has 92 valence electrons. The van der Waals surface area contributed by atoms with Crippen LogP contribution < -0.4 is 5.32 Å². The number of carboxylic acid groups (broad SMARTS) is 1. The van der Waals surface area contributed by atoms with Crippen molar-refractivity contribution in [1.29, 1.82) is 0 Å². The number of urea groups is 1. The van der Waals surface area contributed by atoms with Gasteiger partial charge in [0, 0.05) is 12.6 Å². The number of nitrogens with one attached hydrogen (secondary N) is 1. The van der Waals surface area contributed by atoms with E-state index in [4.69, 9.17) is 10.2 Å². The minimum atomic E-state index is -1.29. The fourth-order valence-corrected chi connectivity index (χ4v) is 1.34. The summed E-state index contributed by atoms with van der Waals surface area (Å²) in [6, 6.07) is -0.277. The molecular weight excluding hydrogens is 212 g/mol. The number of aliphatic carboxylic acids is 1. The first kappa shape index (κ1) is 12.8. The molecule has 1 rings (SSSR count). The van der Waals surface area contributed by atoms with Gasteiger partial charge < -0.3 is 20.4 Å². The second kappa shape index (κ2) is 4.69. The normalized spacial score (nSPS) is 15.7. The average Bonchev–Trinajstić information content (AvgIpc) is 2.96. The van der Waals surface area contributed by atoms with Gasteiger partial charge in [-0.05, 0) is 26.7 Å². The summed E-state index contributed by atoms with van der Waals surface area (Å²) >= 11 is 0. The van der Waals surface area contributed by atoms with Gasteiger partial charge in [-0.1, -0.05) is 0 Å². The number of hydrogen-bond acceptors (Lipinski definition) is 3. The predicted molar refractivity (Wildman–Crippen MR) is 57.1 cm³/mol. The molecule has 0 aromatic carbocycles. The van der Waals surface area contributed by atoms with Crippen LogP contribution in [0.4, 0.5) is 4.79 Å². The van der Waals surface area contributed by atoms with E-state index >= 15 is 0 Å². The number of aliphatic hydroxyl groups excluding tert-OH is 1. The molecule has 0 bridgehead atoms. The zero-order valence-electron chi connectivity index (χ0n) is 9.56. The molecule has 6 heteroatoms. The van der Waals surface area contributed by atoms with Gasteiger partial charge in [-0.3, -0.25) is 0 Å². The number of rotatable bonds is 5. The highest BCUT2D eigenvalue weighted by Gasteiger charge is 2.36. The maximum absolute atomic E-state index is 11.8. The van der Waals surface area contributed by atoms with Gasteiger partial charge in [-0.2, -0.15) is 0 Å². The Morgan fingerprint density at radius 3 is 2.38 bits per heavy atom. The van der Waals surface area contributed by atoms with Crippen LogP contribution in [0.2, 0.25) is 0 Å². The van der Waals surface area contributed by atoms with E-state index in [1.54, 1.807) is 0 Å². The van der Waals surface area contributed by atoms with E-state index < -0.39 is 17.5 Å². The highest BCUT2D eigenvalue weighted by atomic mass is 16.4. The van der Waals surface area contributed by atoms with E-state index in [2.05, 4.69) is 5.32 Å². The first-order chi connectivity index (χ1) is 7.38. The van der Waals surface area contributed by atoms with Gasteiger partial charge in [-0.25, -0.2) is 9.59 Å². The zero-order chi connectivity index (χ0) is 12.3. The molecule has 0 saturated heterocycles. The molecule has 6 nitrogen and oxygen atoms in total. The lowest BCUT2D eigenvalue weighted by Crippen LogP contribution is -2.55. The van der Waals surface area contributed by atoms with E-state index in [1.165, 1.54) is 18.7 Å². The average molecular weight is 230 g/mol. The van der Waals surface area contributed by atoms with Crippen molar-refractivity contribution in [2.24, 2.45) is 0 Å². The summed E-state index contributed by atoms with van der Waals surface area (Å²) in [6.07, 6.45) is 1.84. The maximum atomic E-state index is 11.8. The zero-order valence-corrected chi connectivity index (χ0v) is 9.56. The van der Waals surface area contributed by atoms with Crippen LogP contribution in [0.3, 0.4) is 0 Å². The second-order valence-electron chi connectivity index (χ2n) is 4.51. The largest absolute Gasteiger partial charge is 0.480 e. The summed E-state index contributed by atoms with van der Waals surface area (Å²) in [5.74, 6) is -1.08. The van der Waals surface area contributed by atoms with Crippen LogP contribution in [0.1, 0.15) is 26.7 Å². The number of nitrogens with zero attached hydrogens (tertiary/aromatic N) is 1. The lowest BCUT2D eigenvalue weighted by molar-refractivity contribution is -0.143. The van der Waals surface area contributed by atoms with Crippen LogP contribution in [-0.4, -0.2) is 51.8 Å². The van der Waals surface area contributed by atoms with E-state index in [0.717, 1.165) is 12.8 Å². The highest BCUT2D eigenvalue weighted by Crippen LogP contribution is 2.26. The third-order valence-corrected chi connectivity index (χ3v) is 2.54. The van der Waals surface area contributed by atoms with Crippen LogP contribution in [0.15, 0.2) is 0 Å². The van der Waals surface area contributed by atoms with Gasteiger partial charge in [0.15, 0.2) is 0 Å². The molecular formula is C10H18N2O4. The molecule has 0 aromatic heterocycles. The van der Waals surface area contributed by atoms with E-state index in [9.17, 15) is 9.59 Å². The number of carbonyl (C=O) groups excluding carboxylic acids is 1. The van der Waals surface area contributed by atoms with Gasteiger partial charge in [-0.15, -0.1) is 0 Å². The Balaban J connectivity index is 2.58. The Kier molecular flexibility index (Phi) is 3.74. The van der Waals surface area contributed by atoms with Gasteiger partial charge in [0.1, 0.15) is 5.54 Å². The summed E-state index contributed by atoms with van der Waals surface area (Å²) in [7, 11) is 0. The second-order valence-corrected chi connectivity index (χ2v) is 4.51. The predicted octanol–water partition coefficient (Wildman–Crippen LogP) is 0.0159. The molecule has 0 spiro atoms. The lowest BCUT2D eigenvalue weighted by atomic mass is 10.1. The maximum Gasteiger partial charge on any atom is 0.328 e. The van der Waals surface area contributed by atoms with Crippen molar-refractivity contribution >= 4 is 12.0 Å². The van der Waals surface area contributed by atoms with Crippen LogP contribution in [0.25, 0.3) is 0 Å². The van der Waals surface area contributed by atoms with Crippen molar-refractivity contribution in [3.8, 4) is 0 Å². The number of carbonyl (C=O) groups is 2. The van der Waals surface area contributed by atoms with Crippen molar-refractivity contribution < 1.29 is 19.8 Å². The molecule has 0 atom stereocenters. The Labute approximate surface area is 94.2 Å². The van der Waals surface area contributed by atoms with Crippen molar-refractivity contribution in [1.82, 2.24) is 10.2 Å². The molecule has 3 N–H and O–H groups in total. The summed E-state index contributed by atoms with van der Waals surface area (Å²) in [6.45, 7) is 2.98. The smallest absolute Gasteiger partial charge is 0.328 e. The summed E-state index contributed by atoms with van der Waals surface area (Å²) in [4.78, 5) is 24.1. The highest BCUT2D eigenvalue weighted by molar-refractivity contribution is 5.85. The van der Waals surface area contributed by atoms with Crippen molar-refractivity contribution in [3.63, 3.8) is 0 Å². The number of hydrogen-bond donors (Lipinski definition) is 3. The Morgan fingerprint density at radius 2 is 2.00 bits per heavy atom. The van der Waals surface area contributed by atoms with Gasteiger partial charge in [0.25, 0.3) is 0 Å². The molecule has 0 unspecified atom stereocenters. The molecule has 1 aliphatic rings. The quantitative estimate of drug-likeness (QED) is 0.621. The van der Waals surface area contributed by atoms with Crippen LogP contribution in [0.5, 0.6) is 0 Å². The fraction of sp³-hybridized carbons (Fsp3) is 0.800. The monoisotopic (exact) mass is 230 g/mol. The standard InChI is InChI=1S/C10H18N2O4/c1-10(2,8(14)15)11-9(16)12(5-6-13)7-3-4-7/h7,13H,3-6H2,1-2H3,(H,11,16)(H,14,15). The molecule has 0 radical (unpaired) electrons. The van der Waals surface area contributed by atoms with Crippen LogP contribution in [-0.2, 0) is 4.79 Å². The number of carboxylic acids is 1. The molecule has 0 aliphatic heterocycles. The topological polar surface area (TPSA) is 89.9 Å². The summed E-state index contributed by atoms with van der Waals surface area (Å²) in [5.41, 5.74) is -1.29. The first-order valence-electron chi connectivity index (χ1n) is 5.31. The van der Waals surface area contributed by atoms with Crippen LogP contribution in [0, 0.1) is 0 Å². The number of aliphatic hydroxyl groups is 1. The van der Waals surface area contributed by atoms with Crippen molar-refractivity contribution in [3.05, 3.63) is 0 Å². The van der Waals surface area contributed by atoms with Crippen LogP contribution >= 0.6 is 0 Å². The molecule has 1 fully saturated rings. The van der Waals surface area contributed by atoms with Crippen molar-refractivity contribution in [2.75, 3.05) is 13.2 Å². The molecule has 2 amide bonds. The van der Waals surface area contributed by atoms with E-state index in [1.807, 2.05) is 0 Å². The molecule has 0 heterocycles. The minimum Gasteiger partial charge on any atom is -0.480 e.